The number of hydrogen-bond acceptors (Lipinski definition) is 4. The molecule has 3 aromatic rings. The molecule has 6 nitrogen and oxygen atoms in total. The molecule has 2 fully saturated rings. The number of aliphatic carboxylic acids is 1. The zero-order chi connectivity index (χ0) is 20.2. The van der Waals surface area contributed by atoms with Gasteiger partial charge in [-0.25, -0.2) is 4.79 Å². The van der Waals surface area contributed by atoms with Crippen LogP contribution < -0.4 is 10.6 Å². The van der Waals surface area contributed by atoms with Crippen LogP contribution in [0.3, 0.4) is 0 Å². The molecular weight excluding hydrogens is 368 g/mol. The van der Waals surface area contributed by atoms with E-state index in [9.17, 15) is 19.5 Å². The van der Waals surface area contributed by atoms with Gasteiger partial charge >= 0.3 is 5.97 Å². The van der Waals surface area contributed by atoms with Crippen LogP contribution in [-0.4, -0.2) is 22.9 Å². The minimum absolute atomic E-state index is 0.440. The molecule has 0 saturated carbocycles. The molecule has 2 heterocycles. The average Bonchev–Trinajstić information content (AvgIpc) is 3.25. The number of benzene rings is 3. The lowest BCUT2D eigenvalue weighted by atomic mass is 9.75. The van der Waals surface area contributed by atoms with Gasteiger partial charge in [0.25, 0.3) is 0 Å². The largest absolute Gasteiger partial charge is 0.480 e. The van der Waals surface area contributed by atoms with E-state index < -0.39 is 41.2 Å². The zero-order valence-electron chi connectivity index (χ0n) is 15.3. The van der Waals surface area contributed by atoms with E-state index >= 15 is 0 Å². The third-order valence-electron chi connectivity index (χ3n) is 6.12. The number of fused-ring (bicyclic) bond motifs is 2. The average molecular weight is 386 g/mol. The first-order valence-corrected chi connectivity index (χ1v) is 9.43. The maximum absolute atomic E-state index is 12.8. The quantitative estimate of drug-likeness (QED) is 0.601. The maximum atomic E-state index is 12.8. The molecular formula is C23H18N2O4. The first kappa shape index (κ1) is 17.6. The molecule has 3 N–H and O–H groups in total. The molecule has 6 heteroatoms. The second-order valence-electron chi connectivity index (χ2n) is 7.53. The Hall–Kier alpha value is -3.51. The van der Waals surface area contributed by atoms with Gasteiger partial charge in [0.2, 0.25) is 11.8 Å². The Morgan fingerprint density at radius 1 is 0.862 bits per heavy atom. The molecule has 2 aliphatic rings. The van der Waals surface area contributed by atoms with Crippen LogP contribution in [0.1, 0.15) is 17.2 Å². The van der Waals surface area contributed by atoms with Crippen molar-refractivity contribution in [1.29, 1.82) is 0 Å². The lowest BCUT2D eigenvalue weighted by Gasteiger charge is -2.30. The Morgan fingerprint density at radius 2 is 1.55 bits per heavy atom. The van der Waals surface area contributed by atoms with Crippen LogP contribution in [0.5, 0.6) is 0 Å². The lowest BCUT2D eigenvalue weighted by Crippen LogP contribution is -2.52. The van der Waals surface area contributed by atoms with Crippen LogP contribution in [0.4, 0.5) is 0 Å². The monoisotopic (exact) mass is 386 g/mol. The Kier molecular flexibility index (Phi) is 3.79. The molecule has 2 amide bonds. The van der Waals surface area contributed by atoms with Crippen molar-refractivity contribution < 1.29 is 19.5 Å². The molecule has 2 saturated heterocycles. The molecule has 5 rings (SSSR count). The highest BCUT2D eigenvalue weighted by molar-refractivity contribution is 6.10. The molecule has 4 atom stereocenters. The van der Waals surface area contributed by atoms with Crippen molar-refractivity contribution in [3.05, 3.63) is 83.9 Å². The first-order chi connectivity index (χ1) is 14.0. The van der Waals surface area contributed by atoms with E-state index in [2.05, 4.69) is 10.6 Å². The Labute approximate surface area is 166 Å². The third-order valence-corrected chi connectivity index (χ3v) is 6.12. The Balaban J connectivity index is 1.76. The molecule has 0 spiro atoms. The van der Waals surface area contributed by atoms with Gasteiger partial charge in [-0.3, -0.25) is 20.2 Å². The number of hydrogen-bond donors (Lipinski definition) is 3. The van der Waals surface area contributed by atoms with Crippen molar-refractivity contribution >= 4 is 28.6 Å². The number of rotatable bonds is 3. The standard InChI is InChI=1S/C23H18N2O4/c26-20-17-18(21(27)24-20)23(22(28)29,14-9-2-1-3-10-14)25-19(17)16-12-6-8-13-7-4-5-11-15(13)16/h1-12,17-19,25H,(H,28,29)(H,24,26,27). The number of carboxylic acid groups (broad SMARTS) is 1. The first-order valence-electron chi connectivity index (χ1n) is 9.43. The predicted molar refractivity (Wildman–Crippen MR) is 106 cm³/mol. The highest BCUT2D eigenvalue weighted by Gasteiger charge is 2.67. The van der Waals surface area contributed by atoms with Crippen molar-refractivity contribution in [3.63, 3.8) is 0 Å². The summed E-state index contributed by atoms with van der Waals surface area (Å²) in [4.78, 5) is 38.1. The summed E-state index contributed by atoms with van der Waals surface area (Å²) < 4.78 is 0. The van der Waals surface area contributed by atoms with E-state index in [-0.39, 0.29) is 0 Å². The van der Waals surface area contributed by atoms with Gasteiger partial charge in [-0.2, -0.15) is 0 Å². The van der Waals surface area contributed by atoms with Gasteiger partial charge in [-0.05, 0) is 21.9 Å². The Morgan fingerprint density at radius 3 is 2.31 bits per heavy atom. The van der Waals surface area contributed by atoms with Crippen LogP contribution in [-0.2, 0) is 19.9 Å². The molecule has 144 valence electrons. The molecule has 4 unspecified atom stereocenters. The van der Waals surface area contributed by atoms with Gasteiger partial charge in [0, 0.05) is 6.04 Å². The van der Waals surface area contributed by atoms with E-state index in [0.717, 1.165) is 16.3 Å². The molecule has 3 aromatic carbocycles. The van der Waals surface area contributed by atoms with Gasteiger partial charge in [-0.1, -0.05) is 72.8 Å². The summed E-state index contributed by atoms with van der Waals surface area (Å²) in [5.74, 6) is -4.03. The van der Waals surface area contributed by atoms with Gasteiger partial charge in [0.1, 0.15) is 0 Å². The SMILES string of the molecule is O=C1NC(=O)C2C1C(c1cccc3ccccc13)NC2(C(=O)O)c1ccccc1. The summed E-state index contributed by atoms with van der Waals surface area (Å²) in [6.07, 6.45) is 0. The summed E-state index contributed by atoms with van der Waals surface area (Å²) in [5.41, 5.74) is -0.429. The fraction of sp³-hybridized carbons (Fsp3) is 0.174. The van der Waals surface area contributed by atoms with Crippen molar-refractivity contribution in [2.24, 2.45) is 11.8 Å². The second kappa shape index (κ2) is 6.25. The molecule has 2 aliphatic heterocycles. The summed E-state index contributed by atoms with van der Waals surface area (Å²) >= 11 is 0. The normalized spacial score (nSPS) is 28.3. The Bertz CT molecular complexity index is 1150. The van der Waals surface area contributed by atoms with Gasteiger partial charge in [0.15, 0.2) is 5.54 Å². The van der Waals surface area contributed by atoms with Crippen molar-refractivity contribution in [2.75, 3.05) is 0 Å². The summed E-state index contributed by atoms with van der Waals surface area (Å²) in [6.45, 7) is 0. The lowest BCUT2D eigenvalue weighted by molar-refractivity contribution is -0.149. The summed E-state index contributed by atoms with van der Waals surface area (Å²) in [5, 5.41) is 17.8. The topological polar surface area (TPSA) is 95.5 Å². The van der Waals surface area contributed by atoms with Crippen LogP contribution in [0.2, 0.25) is 0 Å². The van der Waals surface area contributed by atoms with Crippen LogP contribution in [0.25, 0.3) is 10.8 Å². The van der Waals surface area contributed by atoms with Crippen LogP contribution in [0.15, 0.2) is 72.8 Å². The number of imide groups is 1. The van der Waals surface area contributed by atoms with E-state index in [1.807, 2.05) is 42.5 Å². The van der Waals surface area contributed by atoms with E-state index in [4.69, 9.17) is 0 Å². The molecule has 0 aromatic heterocycles. The fourth-order valence-corrected chi connectivity index (χ4v) is 4.91. The van der Waals surface area contributed by atoms with E-state index in [0.29, 0.717) is 5.56 Å². The fourth-order valence-electron chi connectivity index (χ4n) is 4.91. The van der Waals surface area contributed by atoms with Crippen LogP contribution >= 0.6 is 0 Å². The summed E-state index contributed by atoms with van der Waals surface area (Å²) in [7, 11) is 0. The molecule has 29 heavy (non-hydrogen) atoms. The summed E-state index contributed by atoms with van der Waals surface area (Å²) in [6, 6.07) is 21.5. The van der Waals surface area contributed by atoms with Crippen molar-refractivity contribution in [1.82, 2.24) is 10.6 Å². The van der Waals surface area contributed by atoms with Crippen LogP contribution in [0, 0.1) is 11.8 Å². The number of amides is 2. The number of carboxylic acids is 1. The minimum atomic E-state index is -1.69. The van der Waals surface area contributed by atoms with Gasteiger partial charge in [-0.15, -0.1) is 0 Å². The number of carbonyl (C=O) groups excluding carboxylic acids is 2. The second-order valence-corrected chi connectivity index (χ2v) is 7.53. The number of carbonyl (C=O) groups is 3. The highest BCUT2D eigenvalue weighted by Crippen LogP contribution is 2.51. The van der Waals surface area contributed by atoms with Gasteiger partial charge in [0.05, 0.1) is 11.8 Å². The number of nitrogens with one attached hydrogen (secondary N) is 2. The smallest absolute Gasteiger partial charge is 0.329 e. The highest BCUT2D eigenvalue weighted by atomic mass is 16.4. The molecule has 0 bridgehead atoms. The van der Waals surface area contributed by atoms with E-state index in [1.165, 1.54) is 0 Å². The van der Waals surface area contributed by atoms with Crippen molar-refractivity contribution in [3.8, 4) is 0 Å². The predicted octanol–water partition coefficient (Wildman–Crippen LogP) is 2.35. The maximum Gasteiger partial charge on any atom is 0.329 e. The van der Waals surface area contributed by atoms with Crippen molar-refractivity contribution in [2.45, 2.75) is 11.6 Å². The molecule has 0 aliphatic carbocycles. The van der Waals surface area contributed by atoms with E-state index in [1.54, 1.807) is 30.3 Å². The van der Waals surface area contributed by atoms with Gasteiger partial charge < -0.3 is 5.11 Å². The third kappa shape index (κ3) is 2.36. The zero-order valence-corrected chi connectivity index (χ0v) is 15.3. The minimum Gasteiger partial charge on any atom is -0.480 e. The molecule has 0 radical (unpaired) electrons.